The van der Waals surface area contributed by atoms with E-state index in [0.29, 0.717) is 11.3 Å². The summed E-state index contributed by atoms with van der Waals surface area (Å²) in [5.41, 5.74) is 1.48. The molecule has 0 spiro atoms. The maximum absolute atomic E-state index is 12.4. The molecule has 1 amide bonds. The Morgan fingerprint density at radius 3 is 3.04 bits per heavy atom. The Hall–Kier alpha value is -2.97. The normalized spacial score (nSPS) is 17.8. The fourth-order valence-corrected chi connectivity index (χ4v) is 3.25. The van der Waals surface area contributed by atoms with Crippen molar-refractivity contribution < 1.29 is 4.79 Å². The molecule has 3 aromatic rings. The Kier molecular flexibility index (Phi) is 3.83. The SMILES string of the molecule is Cc1cc(N2CCCC(NC(=O)c3cnn(C)c3)C2)n2ncnc2n1. The van der Waals surface area contributed by atoms with Crippen LogP contribution in [0.15, 0.2) is 24.8 Å². The predicted octanol–water partition coefficient (Wildman–Crippen LogP) is 0.565. The van der Waals surface area contributed by atoms with Gasteiger partial charge in [-0.15, -0.1) is 0 Å². The molecule has 1 saturated heterocycles. The molecule has 9 nitrogen and oxygen atoms in total. The number of nitrogens with one attached hydrogen (secondary N) is 1. The minimum absolute atomic E-state index is 0.0773. The molecule has 0 aromatic carbocycles. The molecule has 1 N–H and O–H groups in total. The first-order valence-corrected chi connectivity index (χ1v) is 8.32. The number of hydrogen-bond donors (Lipinski definition) is 1. The van der Waals surface area contributed by atoms with E-state index in [4.69, 9.17) is 0 Å². The molecule has 4 heterocycles. The predicted molar refractivity (Wildman–Crippen MR) is 91.4 cm³/mol. The average Bonchev–Trinajstić information content (AvgIpc) is 3.23. The summed E-state index contributed by atoms with van der Waals surface area (Å²) in [5, 5.41) is 11.4. The number of carbonyl (C=O) groups is 1. The number of carbonyl (C=O) groups excluding carboxylic acids is 1. The van der Waals surface area contributed by atoms with Crippen LogP contribution in [0.3, 0.4) is 0 Å². The molecule has 25 heavy (non-hydrogen) atoms. The third-order valence-electron chi connectivity index (χ3n) is 4.41. The van der Waals surface area contributed by atoms with Crippen molar-refractivity contribution in [3.05, 3.63) is 36.0 Å². The first kappa shape index (κ1) is 15.6. The van der Waals surface area contributed by atoms with Gasteiger partial charge in [0.05, 0.1) is 11.8 Å². The fourth-order valence-electron chi connectivity index (χ4n) is 3.25. The highest BCUT2D eigenvalue weighted by Crippen LogP contribution is 2.21. The van der Waals surface area contributed by atoms with Crippen LogP contribution in [0.5, 0.6) is 0 Å². The highest BCUT2D eigenvalue weighted by molar-refractivity contribution is 5.93. The van der Waals surface area contributed by atoms with Gasteiger partial charge in [-0.25, -0.2) is 4.98 Å². The Morgan fingerprint density at radius 1 is 1.36 bits per heavy atom. The number of aromatic nitrogens is 6. The van der Waals surface area contributed by atoms with Crippen LogP contribution in [0.2, 0.25) is 0 Å². The van der Waals surface area contributed by atoms with Crippen molar-refractivity contribution in [2.75, 3.05) is 18.0 Å². The lowest BCUT2D eigenvalue weighted by Crippen LogP contribution is -2.48. The largest absolute Gasteiger partial charge is 0.354 e. The summed E-state index contributed by atoms with van der Waals surface area (Å²) in [7, 11) is 1.80. The van der Waals surface area contributed by atoms with E-state index in [-0.39, 0.29) is 11.9 Å². The van der Waals surface area contributed by atoms with Gasteiger partial charge in [0, 0.05) is 44.1 Å². The molecule has 1 unspecified atom stereocenters. The van der Waals surface area contributed by atoms with Gasteiger partial charge in [-0.2, -0.15) is 19.7 Å². The minimum atomic E-state index is -0.0863. The second kappa shape index (κ2) is 6.15. The van der Waals surface area contributed by atoms with Gasteiger partial charge in [-0.05, 0) is 19.8 Å². The topological polar surface area (TPSA) is 93.2 Å². The van der Waals surface area contributed by atoms with Crippen molar-refractivity contribution in [1.29, 1.82) is 0 Å². The quantitative estimate of drug-likeness (QED) is 0.749. The molecule has 0 radical (unpaired) electrons. The van der Waals surface area contributed by atoms with Crippen LogP contribution in [-0.4, -0.2) is 54.4 Å². The number of anilines is 1. The van der Waals surface area contributed by atoms with Gasteiger partial charge in [0.15, 0.2) is 0 Å². The monoisotopic (exact) mass is 340 g/mol. The van der Waals surface area contributed by atoms with Gasteiger partial charge in [-0.3, -0.25) is 9.48 Å². The zero-order chi connectivity index (χ0) is 17.4. The van der Waals surface area contributed by atoms with Crippen molar-refractivity contribution >= 4 is 17.5 Å². The number of fused-ring (bicyclic) bond motifs is 1. The van der Waals surface area contributed by atoms with E-state index in [2.05, 4.69) is 30.4 Å². The van der Waals surface area contributed by atoms with E-state index >= 15 is 0 Å². The zero-order valence-corrected chi connectivity index (χ0v) is 14.3. The summed E-state index contributed by atoms with van der Waals surface area (Å²) in [4.78, 5) is 23.2. The Balaban J connectivity index is 1.52. The van der Waals surface area contributed by atoms with E-state index < -0.39 is 0 Å². The van der Waals surface area contributed by atoms with Crippen LogP contribution in [0.25, 0.3) is 5.78 Å². The second-order valence-corrected chi connectivity index (χ2v) is 6.39. The summed E-state index contributed by atoms with van der Waals surface area (Å²) in [5.74, 6) is 1.47. The molecule has 4 rings (SSSR count). The summed E-state index contributed by atoms with van der Waals surface area (Å²) >= 11 is 0. The molecule has 1 aliphatic heterocycles. The van der Waals surface area contributed by atoms with Crippen molar-refractivity contribution in [1.82, 2.24) is 34.7 Å². The standard InChI is InChI=1S/C16H20N8O/c1-11-6-14(24-16(20-11)17-10-19-24)23-5-3-4-13(9-23)21-15(25)12-7-18-22(2)8-12/h6-8,10,13H,3-5,9H2,1-2H3,(H,21,25). The summed E-state index contributed by atoms with van der Waals surface area (Å²) in [6.45, 7) is 3.59. The molecule has 0 saturated carbocycles. The second-order valence-electron chi connectivity index (χ2n) is 6.39. The van der Waals surface area contributed by atoms with Crippen LogP contribution in [-0.2, 0) is 7.05 Å². The molecule has 3 aromatic heterocycles. The Morgan fingerprint density at radius 2 is 2.24 bits per heavy atom. The lowest BCUT2D eigenvalue weighted by Gasteiger charge is -2.34. The van der Waals surface area contributed by atoms with Crippen LogP contribution < -0.4 is 10.2 Å². The van der Waals surface area contributed by atoms with Crippen LogP contribution in [0.1, 0.15) is 28.9 Å². The third kappa shape index (κ3) is 3.04. The summed E-state index contributed by atoms with van der Waals surface area (Å²) in [6.07, 6.45) is 6.77. The van der Waals surface area contributed by atoms with Crippen molar-refractivity contribution in [2.45, 2.75) is 25.8 Å². The molecule has 9 heteroatoms. The van der Waals surface area contributed by atoms with E-state index in [1.165, 1.54) is 6.33 Å². The van der Waals surface area contributed by atoms with Gasteiger partial charge >= 0.3 is 0 Å². The molecule has 0 aliphatic carbocycles. The molecule has 1 aliphatic rings. The Labute approximate surface area is 144 Å². The summed E-state index contributed by atoms with van der Waals surface area (Å²) < 4.78 is 3.38. The highest BCUT2D eigenvalue weighted by atomic mass is 16.1. The minimum Gasteiger partial charge on any atom is -0.354 e. The van der Waals surface area contributed by atoms with Gasteiger partial charge < -0.3 is 10.2 Å². The van der Waals surface area contributed by atoms with E-state index in [1.807, 2.05) is 13.0 Å². The lowest BCUT2D eigenvalue weighted by molar-refractivity contribution is 0.0933. The smallest absolute Gasteiger partial charge is 0.254 e. The number of piperidine rings is 1. The number of hydrogen-bond acceptors (Lipinski definition) is 6. The molecular formula is C16H20N8O. The average molecular weight is 340 g/mol. The number of amides is 1. The van der Waals surface area contributed by atoms with Crippen LogP contribution >= 0.6 is 0 Å². The third-order valence-corrected chi connectivity index (χ3v) is 4.41. The fraction of sp³-hybridized carbons (Fsp3) is 0.438. The number of rotatable bonds is 3. The molecule has 1 fully saturated rings. The summed E-state index contributed by atoms with van der Waals surface area (Å²) in [6, 6.07) is 2.08. The maximum Gasteiger partial charge on any atom is 0.254 e. The van der Waals surface area contributed by atoms with Crippen molar-refractivity contribution in [3.63, 3.8) is 0 Å². The van der Waals surface area contributed by atoms with E-state index in [1.54, 1.807) is 28.6 Å². The highest BCUT2D eigenvalue weighted by Gasteiger charge is 2.24. The molecule has 1 atom stereocenters. The molecular weight excluding hydrogens is 320 g/mol. The van der Waals surface area contributed by atoms with Crippen LogP contribution in [0.4, 0.5) is 5.82 Å². The number of nitrogens with zero attached hydrogens (tertiary/aromatic N) is 7. The molecule has 130 valence electrons. The lowest BCUT2D eigenvalue weighted by atomic mass is 10.1. The zero-order valence-electron chi connectivity index (χ0n) is 14.3. The maximum atomic E-state index is 12.4. The van der Waals surface area contributed by atoms with Crippen molar-refractivity contribution in [2.24, 2.45) is 7.05 Å². The van der Waals surface area contributed by atoms with Crippen molar-refractivity contribution in [3.8, 4) is 0 Å². The van der Waals surface area contributed by atoms with E-state index in [0.717, 1.165) is 37.4 Å². The first-order valence-electron chi connectivity index (χ1n) is 8.32. The van der Waals surface area contributed by atoms with Gasteiger partial charge in [-0.1, -0.05) is 0 Å². The van der Waals surface area contributed by atoms with Gasteiger partial charge in [0.25, 0.3) is 11.7 Å². The van der Waals surface area contributed by atoms with Gasteiger partial charge in [0.1, 0.15) is 12.1 Å². The van der Waals surface area contributed by atoms with Crippen LogP contribution in [0, 0.1) is 6.92 Å². The first-order chi connectivity index (χ1) is 12.1. The van der Waals surface area contributed by atoms with Gasteiger partial charge in [0.2, 0.25) is 0 Å². The van der Waals surface area contributed by atoms with E-state index in [9.17, 15) is 4.79 Å². The molecule has 0 bridgehead atoms. The number of aryl methyl sites for hydroxylation is 2. The Bertz CT molecular complexity index is 914.